The van der Waals surface area contributed by atoms with Crippen LogP contribution in [0.4, 0.5) is 0 Å². The molecule has 0 aliphatic carbocycles. The Balaban J connectivity index is 1.67. The molecule has 0 radical (unpaired) electrons. The summed E-state index contributed by atoms with van der Waals surface area (Å²) in [6.45, 7) is 1.43. The van der Waals surface area contributed by atoms with Crippen molar-refractivity contribution in [2.24, 2.45) is 0 Å². The number of rotatable bonds is 5. The smallest absolute Gasteiger partial charge is 0.308 e. The average Bonchev–Trinajstić information content (AvgIpc) is 2.86. The van der Waals surface area contributed by atoms with Crippen LogP contribution in [-0.4, -0.2) is 13.1 Å². The van der Waals surface area contributed by atoms with E-state index in [1.165, 1.54) is 6.92 Å². The van der Waals surface area contributed by atoms with Gasteiger partial charge in [0.2, 0.25) is 0 Å². The number of carbonyl (C=O) groups is 1. The number of methoxy groups -OCH3 is 1. The van der Waals surface area contributed by atoms with E-state index in [4.69, 9.17) is 14.2 Å². The second kappa shape index (κ2) is 9.04. The van der Waals surface area contributed by atoms with E-state index in [0.29, 0.717) is 5.75 Å². The van der Waals surface area contributed by atoms with Crippen molar-refractivity contribution in [3.63, 3.8) is 0 Å². The van der Waals surface area contributed by atoms with Gasteiger partial charge in [-0.2, -0.15) is 0 Å². The lowest BCUT2D eigenvalue weighted by atomic mass is 9.99. The van der Waals surface area contributed by atoms with Crippen molar-refractivity contribution < 1.29 is 19.0 Å². The van der Waals surface area contributed by atoms with Gasteiger partial charge in [0.15, 0.2) is 5.75 Å². The van der Waals surface area contributed by atoms with Gasteiger partial charge in [0.25, 0.3) is 0 Å². The fourth-order valence-electron chi connectivity index (χ4n) is 3.93. The van der Waals surface area contributed by atoms with Gasteiger partial charge in [0, 0.05) is 28.2 Å². The summed E-state index contributed by atoms with van der Waals surface area (Å²) in [7, 11) is 1.65. The molecule has 0 bridgehead atoms. The van der Waals surface area contributed by atoms with Crippen LogP contribution < -0.4 is 14.2 Å². The molecule has 0 fully saturated rings. The minimum Gasteiger partial charge on any atom is -0.497 e. The molecule has 1 atom stereocenters. The van der Waals surface area contributed by atoms with Crippen LogP contribution in [-0.2, 0) is 4.79 Å². The molecule has 4 aromatic rings. The molecule has 1 aliphatic heterocycles. The normalized spacial score (nSPS) is 14.4. The summed E-state index contributed by atoms with van der Waals surface area (Å²) in [4.78, 5) is 13.9. The van der Waals surface area contributed by atoms with E-state index in [1.54, 1.807) is 18.9 Å². The number of fused-ring (bicyclic) bond motifs is 3. The molecule has 1 aliphatic rings. The molecule has 5 rings (SSSR count). The zero-order valence-electron chi connectivity index (χ0n) is 18.3. The summed E-state index contributed by atoms with van der Waals surface area (Å²) in [6.07, 6.45) is 3.87. The molecule has 1 heterocycles. The van der Waals surface area contributed by atoms with Gasteiger partial charge in [-0.3, -0.25) is 4.79 Å². The molecule has 164 valence electrons. The summed E-state index contributed by atoms with van der Waals surface area (Å²) in [5.74, 6) is 1.79. The lowest BCUT2D eigenvalue weighted by Gasteiger charge is -2.26. The van der Waals surface area contributed by atoms with Gasteiger partial charge in [0.1, 0.15) is 17.6 Å². The predicted octanol–water partition coefficient (Wildman–Crippen LogP) is 7.07. The first-order valence-electron chi connectivity index (χ1n) is 10.6. The first-order chi connectivity index (χ1) is 16.1. The fraction of sp³-hybridized carbons (Fsp3) is 0.107. The Morgan fingerprint density at radius 3 is 2.30 bits per heavy atom. The number of hydrogen-bond donors (Lipinski definition) is 0. The SMILES string of the molecule is COc1ccc(C2C=Cc3c(Sc4ccccc4)c(OC(C)=O)c4ccccc4c3O2)cc1. The van der Waals surface area contributed by atoms with E-state index in [2.05, 4.69) is 6.08 Å². The molecule has 0 amide bonds. The van der Waals surface area contributed by atoms with E-state index in [0.717, 1.165) is 43.2 Å². The third kappa shape index (κ3) is 4.20. The molecule has 4 aromatic carbocycles. The molecule has 0 saturated heterocycles. The third-order valence-electron chi connectivity index (χ3n) is 5.45. The van der Waals surface area contributed by atoms with Crippen LogP contribution in [0.15, 0.2) is 94.7 Å². The molecule has 1 unspecified atom stereocenters. The maximum atomic E-state index is 12.0. The Hall–Kier alpha value is -3.70. The van der Waals surface area contributed by atoms with Crippen LogP contribution in [0.3, 0.4) is 0 Å². The molecule has 4 nitrogen and oxygen atoms in total. The van der Waals surface area contributed by atoms with Gasteiger partial charge in [-0.15, -0.1) is 0 Å². The highest BCUT2D eigenvalue weighted by Crippen LogP contribution is 2.51. The topological polar surface area (TPSA) is 44.8 Å². The van der Waals surface area contributed by atoms with Crippen molar-refractivity contribution in [1.82, 2.24) is 0 Å². The zero-order chi connectivity index (χ0) is 22.8. The van der Waals surface area contributed by atoms with Gasteiger partial charge in [-0.05, 0) is 42.0 Å². The Morgan fingerprint density at radius 2 is 1.61 bits per heavy atom. The van der Waals surface area contributed by atoms with Gasteiger partial charge in [-0.1, -0.05) is 66.4 Å². The van der Waals surface area contributed by atoms with Gasteiger partial charge in [-0.25, -0.2) is 0 Å². The summed E-state index contributed by atoms with van der Waals surface area (Å²) >= 11 is 1.56. The Kier molecular flexibility index (Phi) is 5.80. The van der Waals surface area contributed by atoms with Crippen molar-refractivity contribution in [2.45, 2.75) is 22.8 Å². The molecular weight excluding hydrogens is 432 g/mol. The summed E-state index contributed by atoms with van der Waals surface area (Å²) in [5.41, 5.74) is 1.94. The largest absolute Gasteiger partial charge is 0.497 e. The third-order valence-corrected chi connectivity index (χ3v) is 6.56. The van der Waals surface area contributed by atoms with E-state index in [-0.39, 0.29) is 12.1 Å². The second-order valence-electron chi connectivity index (χ2n) is 7.63. The van der Waals surface area contributed by atoms with Gasteiger partial charge >= 0.3 is 5.97 Å². The Morgan fingerprint density at radius 1 is 0.909 bits per heavy atom. The summed E-state index contributed by atoms with van der Waals surface area (Å²) < 4.78 is 17.6. The number of carbonyl (C=O) groups excluding carboxylic acids is 1. The first kappa shape index (κ1) is 21.2. The fourth-order valence-corrected chi connectivity index (χ4v) is 4.97. The van der Waals surface area contributed by atoms with Crippen LogP contribution in [0.1, 0.15) is 24.2 Å². The minimum atomic E-state index is -0.355. The number of benzene rings is 4. The van der Waals surface area contributed by atoms with Crippen molar-refractivity contribution >= 4 is 34.6 Å². The standard InChI is InChI=1S/C28H22O4S/c1-18(29)31-27-23-11-7-6-10-22(23)26-24(28(27)33-21-8-4-3-5-9-21)16-17-25(32-26)19-12-14-20(30-2)15-13-19/h3-17,25H,1-2H3. The number of esters is 1. The minimum absolute atomic E-state index is 0.235. The highest BCUT2D eigenvalue weighted by Gasteiger charge is 2.27. The maximum absolute atomic E-state index is 12.0. The Labute approximate surface area is 196 Å². The second-order valence-corrected chi connectivity index (χ2v) is 8.71. The summed E-state index contributed by atoms with van der Waals surface area (Å²) in [5, 5.41) is 1.75. The van der Waals surface area contributed by atoms with Crippen LogP contribution >= 0.6 is 11.8 Å². The van der Waals surface area contributed by atoms with Gasteiger partial charge < -0.3 is 14.2 Å². The van der Waals surface area contributed by atoms with E-state index >= 15 is 0 Å². The van der Waals surface area contributed by atoms with Gasteiger partial charge in [0.05, 0.1) is 12.0 Å². The molecule has 0 aromatic heterocycles. The van der Waals surface area contributed by atoms with Crippen LogP contribution in [0.5, 0.6) is 17.2 Å². The molecular formula is C28H22O4S. The van der Waals surface area contributed by atoms with Crippen molar-refractivity contribution in [3.05, 3.63) is 96.1 Å². The zero-order valence-corrected chi connectivity index (χ0v) is 19.1. The van der Waals surface area contributed by atoms with Crippen molar-refractivity contribution in [1.29, 1.82) is 0 Å². The van der Waals surface area contributed by atoms with Crippen molar-refractivity contribution in [3.8, 4) is 17.2 Å². The number of ether oxygens (including phenoxy) is 3. The molecule has 33 heavy (non-hydrogen) atoms. The molecule has 0 saturated carbocycles. The molecule has 0 spiro atoms. The molecule has 5 heteroatoms. The maximum Gasteiger partial charge on any atom is 0.308 e. The van der Waals surface area contributed by atoms with E-state index in [1.807, 2.05) is 84.9 Å². The highest BCUT2D eigenvalue weighted by atomic mass is 32.2. The predicted molar refractivity (Wildman–Crippen MR) is 131 cm³/mol. The quantitative estimate of drug-likeness (QED) is 0.238. The van der Waals surface area contributed by atoms with Crippen molar-refractivity contribution in [2.75, 3.05) is 7.11 Å². The lowest BCUT2D eigenvalue weighted by Crippen LogP contribution is -2.11. The van der Waals surface area contributed by atoms with Crippen LogP contribution in [0, 0.1) is 0 Å². The highest BCUT2D eigenvalue weighted by molar-refractivity contribution is 7.99. The summed E-state index contributed by atoms with van der Waals surface area (Å²) in [6, 6.07) is 25.8. The monoisotopic (exact) mass is 454 g/mol. The van der Waals surface area contributed by atoms with E-state index < -0.39 is 0 Å². The average molecular weight is 455 g/mol. The van der Waals surface area contributed by atoms with E-state index in [9.17, 15) is 4.79 Å². The van der Waals surface area contributed by atoms with Crippen LogP contribution in [0.2, 0.25) is 0 Å². The van der Waals surface area contributed by atoms with Crippen LogP contribution in [0.25, 0.3) is 16.8 Å². The lowest BCUT2D eigenvalue weighted by molar-refractivity contribution is -0.131. The number of hydrogen-bond acceptors (Lipinski definition) is 5. The Bertz CT molecular complexity index is 1340. The molecule has 0 N–H and O–H groups in total. The first-order valence-corrected chi connectivity index (χ1v) is 11.4.